The second-order valence-electron chi connectivity index (χ2n) is 8.19. The lowest BCUT2D eigenvalue weighted by molar-refractivity contribution is 0.0844. The third-order valence-electron chi connectivity index (χ3n) is 5.05. The Kier molecular flexibility index (Phi) is 9.52. The Balaban J connectivity index is 1.54. The van der Waals surface area contributed by atoms with Gasteiger partial charge in [0.2, 0.25) is 0 Å². The molecule has 0 saturated heterocycles. The predicted molar refractivity (Wildman–Crippen MR) is 136 cm³/mol. The molecule has 0 aliphatic heterocycles. The molecule has 0 saturated carbocycles. The van der Waals surface area contributed by atoms with E-state index in [2.05, 4.69) is 40.6 Å². The number of carbonyl (C=O) groups excluding carboxylic acids is 2. The molecule has 2 N–H and O–H groups in total. The van der Waals surface area contributed by atoms with Gasteiger partial charge in [-0.25, -0.2) is 0 Å². The number of hydrogen-bond acceptors (Lipinski definition) is 4. The van der Waals surface area contributed by atoms with Gasteiger partial charge in [-0.05, 0) is 60.4 Å². The Hall–Kier alpha value is -3.32. The Morgan fingerprint density at radius 3 is 2.26 bits per heavy atom. The monoisotopic (exact) mass is 524 g/mol. The average Bonchev–Trinajstić information content (AvgIpc) is 2.84. The lowest BCUT2D eigenvalue weighted by Crippen LogP contribution is -2.41. The molecule has 3 aromatic rings. The van der Waals surface area contributed by atoms with E-state index in [-0.39, 0.29) is 0 Å². The van der Waals surface area contributed by atoms with E-state index in [1.807, 2.05) is 30.3 Å². The quantitative estimate of drug-likeness (QED) is 0.340. The molecule has 0 unspecified atom stereocenters. The van der Waals surface area contributed by atoms with Crippen molar-refractivity contribution in [2.24, 2.45) is 5.92 Å². The largest absolute Gasteiger partial charge is 0.494 e. The lowest BCUT2D eigenvalue weighted by Gasteiger charge is -2.13. The molecule has 2 amide bonds. The maximum atomic E-state index is 12.8. The molecule has 34 heavy (non-hydrogen) atoms. The third kappa shape index (κ3) is 7.92. The number of carbonyl (C=O) groups is 2. The van der Waals surface area contributed by atoms with Crippen LogP contribution in [0.1, 0.15) is 46.5 Å². The van der Waals surface area contributed by atoms with Crippen LogP contribution in [0.2, 0.25) is 0 Å². The topological polar surface area (TPSA) is 76.7 Å². The Bertz CT molecular complexity index is 1090. The zero-order chi connectivity index (χ0) is 24.3. The fraction of sp³-hybridized carbons (Fsp3) is 0.259. The van der Waals surface area contributed by atoms with E-state index in [1.54, 1.807) is 42.5 Å². The summed E-state index contributed by atoms with van der Waals surface area (Å²) in [5.41, 5.74) is 6.79. The number of hydrazine groups is 1. The maximum absolute atomic E-state index is 12.8. The van der Waals surface area contributed by atoms with Crippen LogP contribution in [0.15, 0.2) is 77.3 Å². The van der Waals surface area contributed by atoms with Gasteiger partial charge in [-0.1, -0.05) is 60.1 Å². The van der Waals surface area contributed by atoms with Crippen LogP contribution < -0.4 is 20.3 Å². The lowest BCUT2D eigenvalue weighted by atomic mass is 10.1. The van der Waals surface area contributed by atoms with E-state index in [0.717, 1.165) is 16.5 Å². The van der Waals surface area contributed by atoms with Crippen molar-refractivity contribution >= 4 is 27.7 Å². The van der Waals surface area contributed by atoms with Crippen molar-refractivity contribution in [3.8, 4) is 11.5 Å². The van der Waals surface area contributed by atoms with Gasteiger partial charge in [0.1, 0.15) is 11.5 Å². The number of amides is 2. The second kappa shape index (κ2) is 12.8. The molecule has 0 aromatic heterocycles. The van der Waals surface area contributed by atoms with Crippen molar-refractivity contribution in [2.75, 3.05) is 13.2 Å². The van der Waals surface area contributed by atoms with Crippen molar-refractivity contribution in [2.45, 2.75) is 26.7 Å². The van der Waals surface area contributed by atoms with Gasteiger partial charge in [0.15, 0.2) is 0 Å². The maximum Gasteiger partial charge on any atom is 0.273 e. The van der Waals surface area contributed by atoms with E-state index in [0.29, 0.717) is 48.2 Å². The summed E-state index contributed by atoms with van der Waals surface area (Å²) in [5.74, 6) is 0.803. The molecule has 0 aliphatic carbocycles. The van der Waals surface area contributed by atoms with E-state index in [1.165, 1.54) is 0 Å². The van der Waals surface area contributed by atoms with Crippen molar-refractivity contribution in [3.05, 3.63) is 94.0 Å². The smallest absolute Gasteiger partial charge is 0.273 e. The van der Waals surface area contributed by atoms with Gasteiger partial charge in [-0.15, -0.1) is 0 Å². The SMILES string of the molecule is CC(C)CCOc1ccc(C(=O)NNC(=O)c2cc(Br)ccc2OCCc2ccccc2)cc1. The van der Waals surface area contributed by atoms with Crippen molar-refractivity contribution in [1.82, 2.24) is 10.9 Å². The van der Waals surface area contributed by atoms with Crippen LogP contribution in [0.3, 0.4) is 0 Å². The van der Waals surface area contributed by atoms with Crippen LogP contribution in [-0.2, 0) is 6.42 Å². The first-order chi connectivity index (χ1) is 16.4. The van der Waals surface area contributed by atoms with Gasteiger partial charge in [-0.3, -0.25) is 20.4 Å². The molecule has 0 fully saturated rings. The van der Waals surface area contributed by atoms with Crippen LogP contribution in [-0.4, -0.2) is 25.0 Å². The molecule has 0 atom stereocenters. The molecule has 178 valence electrons. The van der Waals surface area contributed by atoms with E-state index >= 15 is 0 Å². The molecule has 6 nitrogen and oxygen atoms in total. The first kappa shape index (κ1) is 25.3. The molecule has 3 aromatic carbocycles. The Labute approximate surface area is 208 Å². The summed E-state index contributed by atoms with van der Waals surface area (Å²) < 4.78 is 12.3. The minimum absolute atomic E-state index is 0.316. The molecule has 0 spiro atoms. The van der Waals surface area contributed by atoms with Gasteiger partial charge in [0, 0.05) is 16.5 Å². The highest BCUT2D eigenvalue weighted by molar-refractivity contribution is 9.10. The summed E-state index contributed by atoms with van der Waals surface area (Å²) in [7, 11) is 0. The number of benzene rings is 3. The summed E-state index contributed by atoms with van der Waals surface area (Å²) in [4.78, 5) is 25.2. The highest BCUT2D eigenvalue weighted by atomic mass is 79.9. The molecular weight excluding hydrogens is 496 g/mol. The summed E-state index contributed by atoms with van der Waals surface area (Å²) in [6, 6.07) is 21.9. The summed E-state index contributed by atoms with van der Waals surface area (Å²) >= 11 is 3.38. The van der Waals surface area contributed by atoms with E-state index in [9.17, 15) is 9.59 Å². The molecule has 0 heterocycles. The van der Waals surface area contributed by atoms with Crippen LogP contribution in [0.5, 0.6) is 11.5 Å². The first-order valence-electron chi connectivity index (χ1n) is 11.2. The fourth-order valence-corrected chi connectivity index (χ4v) is 3.46. The number of ether oxygens (including phenoxy) is 2. The molecule has 7 heteroatoms. The molecule has 0 radical (unpaired) electrons. The van der Waals surface area contributed by atoms with Crippen LogP contribution in [0.25, 0.3) is 0 Å². The number of rotatable bonds is 10. The van der Waals surface area contributed by atoms with E-state index < -0.39 is 11.8 Å². The van der Waals surface area contributed by atoms with Crippen LogP contribution >= 0.6 is 15.9 Å². The zero-order valence-electron chi connectivity index (χ0n) is 19.3. The minimum Gasteiger partial charge on any atom is -0.494 e. The Morgan fingerprint density at radius 2 is 1.56 bits per heavy atom. The summed E-state index contributed by atoms with van der Waals surface area (Å²) in [6.45, 7) is 5.32. The number of halogens is 1. The molecular formula is C27H29BrN2O4. The van der Waals surface area contributed by atoms with Gasteiger partial charge in [-0.2, -0.15) is 0 Å². The van der Waals surface area contributed by atoms with Gasteiger partial charge in [0.05, 0.1) is 18.8 Å². The molecule has 0 aliphatic rings. The normalized spacial score (nSPS) is 10.6. The fourth-order valence-electron chi connectivity index (χ4n) is 3.10. The second-order valence-corrected chi connectivity index (χ2v) is 9.10. The number of hydrogen-bond donors (Lipinski definition) is 2. The van der Waals surface area contributed by atoms with Crippen molar-refractivity contribution in [3.63, 3.8) is 0 Å². The predicted octanol–water partition coefficient (Wildman–Crippen LogP) is 5.57. The highest BCUT2D eigenvalue weighted by Gasteiger charge is 2.15. The van der Waals surface area contributed by atoms with Gasteiger partial charge in [0.25, 0.3) is 11.8 Å². The summed E-state index contributed by atoms with van der Waals surface area (Å²) in [5, 5.41) is 0. The standard InChI is InChI=1S/C27H29BrN2O4/c1-19(2)14-16-33-23-11-8-21(9-12-23)26(31)29-30-27(32)24-18-22(28)10-13-25(24)34-17-15-20-6-4-3-5-7-20/h3-13,18-19H,14-17H2,1-2H3,(H,29,31)(H,30,32). The third-order valence-corrected chi connectivity index (χ3v) is 5.54. The summed E-state index contributed by atoms with van der Waals surface area (Å²) in [6.07, 6.45) is 1.67. The van der Waals surface area contributed by atoms with Gasteiger partial charge >= 0.3 is 0 Å². The van der Waals surface area contributed by atoms with Crippen LogP contribution in [0.4, 0.5) is 0 Å². The zero-order valence-corrected chi connectivity index (χ0v) is 20.9. The first-order valence-corrected chi connectivity index (χ1v) is 12.0. The average molecular weight is 525 g/mol. The number of nitrogens with one attached hydrogen (secondary N) is 2. The molecule has 0 bridgehead atoms. The van der Waals surface area contributed by atoms with E-state index in [4.69, 9.17) is 9.47 Å². The molecule has 3 rings (SSSR count). The van der Waals surface area contributed by atoms with Crippen molar-refractivity contribution < 1.29 is 19.1 Å². The van der Waals surface area contributed by atoms with Crippen LogP contribution in [0, 0.1) is 5.92 Å². The van der Waals surface area contributed by atoms with Gasteiger partial charge < -0.3 is 9.47 Å². The van der Waals surface area contributed by atoms with Crippen molar-refractivity contribution in [1.29, 1.82) is 0 Å². The Morgan fingerprint density at radius 1 is 0.853 bits per heavy atom. The minimum atomic E-state index is -0.474. The highest BCUT2D eigenvalue weighted by Crippen LogP contribution is 2.23.